The SMILES string of the molecule is Cc1ccc(S(N)(=O)=O)cc1CCCl. The van der Waals surface area contributed by atoms with Crippen molar-refractivity contribution in [3.05, 3.63) is 29.3 Å². The van der Waals surface area contributed by atoms with Crippen LogP contribution in [0.1, 0.15) is 11.1 Å². The first kappa shape index (κ1) is 11.5. The van der Waals surface area contributed by atoms with E-state index < -0.39 is 10.0 Å². The lowest BCUT2D eigenvalue weighted by Crippen LogP contribution is -2.12. The van der Waals surface area contributed by atoms with Gasteiger partial charge in [-0.1, -0.05) is 6.07 Å². The van der Waals surface area contributed by atoms with Crippen molar-refractivity contribution in [1.82, 2.24) is 0 Å². The first-order chi connectivity index (χ1) is 6.45. The van der Waals surface area contributed by atoms with E-state index in [1.165, 1.54) is 6.07 Å². The fraction of sp³-hybridized carbons (Fsp3) is 0.333. The highest BCUT2D eigenvalue weighted by atomic mass is 35.5. The van der Waals surface area contributed by atoms with Crippen LogP contribution in [0.4, 0.5) is 0 Å². The van der Waals surface area contributed by atoms with Crippen LogP contribution in [0.2, 0.25) is 0 Å². The van der Waals surface area contributed by atoms with Gasteiger partial charge in [-0.15, -0.1) is 11.6 Å². The molecule has 1 aromatic rings. The van der Waals surface area contributed by atoms with Crippen molar-refractivity contribution in [2.45, 2.75) is 18.2 Å². The third-order valence-electron chi connectivity index (χ3n) is 2.01. The van der Waals surface area contributed by atoms with Crippen LogP contribution in [-0.4, -0.2) is 14.3 Å². The number of aryl methyl sites for hydroxylation is 2. The van der Waals surface area contributed by atoms with Gasteiger partial charge in [0.2, 0.25) is 10.0 Å². The van der Waals surface area contributed by atoms with Gasteiger partial charge in [0.15, 0.2) is 0 Å². The number of primary sulfonamides is 1. The molecule has 0 spiro atoms. The zero-order chi connectivity index (χ0) is 10.8. The Bertz CT molecular complexity index is 428. The molecule has 3 nitrogen and oxygen atoms in total. The molecular formula is C9H12ClNO2S. The molecule has 0 aliphatic rings. The summed E-state index contributed by atoms with van der Waals surface area (Å²) in [5.74, 6) is 0.467. The van der Waals surface area contributed by atoms with Crippen LogP contribution in [0.15, 0.2) is 23.1 Å². The zero-order valence-corrected chi connectivity index (χ0v) is 9.40. The van der Waals surface area contributed by atoms with Gasteiger partial charge in [0.1, 0.15) is 0 Å². The second-order valence-corrected chi connectivity index (χ2v) is 5.01. The Morgan fingerprint density at radius 1 is 1.43 bits per heavy atom. The molecule has 1 rings (SSSR count). The lowest BCUT2D eigenvalue weighted by molar-refractivity contribution is 0.597. The largest absolute Gasteiger partial charge is 0.238 e. The Morgan fingerprint density at radius 2 is 2.07 bits per heavy atom. The molecule has 78 valence electrons. The lowest BCUT2D eigenvalue weighted by atomic mass is 10.1. The Morgan fingerprint density at radius 3 is 2.57 bits per heavy atom. The summed E-state index contributed by atoms with van der Waals surface area (Å²) in [6.07, 6.45) is 0.650. The van der Waals surface area contributed by atoms with Crippen molar-refractivity contribution in [2.75, 3.05) is 5.88 Å². The van der Waals surface area contributed by atoms with Crippen molar-refractivity contribution >= 4 is 21.6 Å². The molecule has 2 N–H and O–H groups in total. The van der Waals surface area contributed by atoms with Crippen molar-refractivity contribution in [1.29, 1.82) is 0 Å². The van der Waals surface area contributed by atoms with Crippen LogP contribution in [0, 0.1) is 6.92 Å². The highest BCUT2D eigenvalue weighted by molar-refractivity contribution is 7.89. The number of nitrogens with two attached hydrogens (primary N) is 1. The van der Waals surface area contributed by atoms with Gasteiger partial charge in [-0.2, -0.15) is 0 Å². The molecule has 0 aliphatic carbocycles. The average Bonchev–Trinajstić information content (AvgIpc) is 2.07. The third-order valence-corrected chi connectivity index (χ3v) is 3.11. The van der Waals surface area contributed by atoms with E-state index in [0.29, 0.717) is 12.3 Å². The molecule has 1 aromatic carbocycles. The maximum Gasteiger partial charge on any atom is 0.238 e. The van der Waals surface area contributed by atoms with E-state index in [9.17, 15) is 8.42 Å². The summed E-state index contributed by atoms with van der Waals surface area (Å²) < 4.78 is 22.1. The van der Waals surface area contributed by atoms with Crippen LogP contribution >= 0.6 is 11.6 Å². The molecule has 0 heterocycles. The molecule has 0 saturated carbocycles. The summed E-state index contributed by atoms with van der Waals surface area (Å²) in [5, 5.41) is 5.01. The number of halogens is 1. The highest BCUT2D eigenvalue weighted by Gasteiger charge is 2.09. The van der Waals surface area contributed by atoms with E-state index in [0.717, 1.165) is 11.1 Å². The Hall–Kier alpha value is -0.580. The van der Waals surface area contributed by atoms with E-state index in [4.69, 9.17) is 16.7 Å². The molecule has 0 amide bonds. The first-order valence-corrected chi connectivity index (χ1v) is 6.21. The predicted octanol–water partition coefficient (Wildman–Crippen LogP) is 1.42. The smallest absolute Gasteiger partial charge is 0.225 e. The van der Waals surface area contributed by atoms with Crippen LogP contribution in [0.25, 0.3) is 0 Å². The minimum absolute atomic E-state index is 0.142. The third kappa shape index (κ3) is 2.70. The molecule has 0 saturated heterocycles. The van der Waals surface area contributed by atoms with Crippen LogP contribution in [0.5, 0.6) is 0 Å². The van der Waals surface area contributed by atoms with Crippen LogP contribution < -0.4 is 5.14 Å². The van der Waals surface area contributed by atoms with Gasteiger partial charge >= 0.3 is 0 Å². The number of hydrogen-bond donors (Lipinski definition) is 1. The standard InChI is InChI=1S/C9H12ClNO2S/c1-7-2-3-9(14(11,12)13)6-8(7)4-5-10/h2-3,6H,4-5H2,1H3,(H2,11,12,13). The molecule has 0 aliphatic heterocycles. The summed E-state index contributed by atoms with van der Waals surface area (Å²) in [6, 6.07) is 4.82. The normalized spacial score (nSPS) is 11.6. The van der Waals surface area contributed by atoms with Crippen molar-refractivity contribution in [3.63, 3.8) is 0 Å². The summed E-state index contributed by atoms with van der Waals surface area (Å²) in [4.78, 5) is 0.142. The summed E-state index contributed by atoms with van der Waals surface area (Å²) in [6.45, 7) is 1.91. The zero-order valence-electron chi connectivity index (χ0n) is 7.83. The van der Waals surface area contributed by atoms with Gasteiger partial charge < -0.3 is 0 Å². The van der Waals surface area contributed by atoms with Gasteiger partial charge in [0.05, 0.1) is 4.90 Å². The molecule has 14 heavy (non-hydrogen) atoms. The number of sulfonamides is 1. The minimum Gasteiger partial charge on any atom is -0.225 e. The fourth-order valence-electron chi connectivity index (χ4n) is 1.20. The van der Waals surface area contributed by atoms with Gasteiger partial charge in [0.25, 0.3) is 0 Å². The van der Waals surface area contributed by atoms with E-state index in [1.807, 2.05) is 6.92 Å². The first-order valence-electron chi connectivity index (χ1n) is 4.13. The molecule has 0 radical (unpaired) electrons. The molecule has 0 aromatic heterocycles. The molecule has 5 heteroatoms. The van der Waals surface area contributed by atoms with Gasteiger partial charge in [0, 0.05) is 5.88 Å². The van der Waals surface area contributed by atoms with Crippen molar-refractivity contribution in [3.8, 4) is 0 Å². The lowest BCUT2D eigenvalue weighted by Gasteiger charge is -2.05. The molecule has 0 unspecified atom stereocenters. The molecular weight excluding hydrogens is 222 g/mol. The van der Waals surface area contributed by atoms with Gasteiger partial charge in [-0.05, 0) is 36.6 Å². The Labute approximate surface area is 88.9 Å². The van der Waals surface area contributed by atoms with E-state index in [1.54, 1.807) is 12.1 Å². The second-order valence-electron chi connectivity index (χ2n) is 3.07. The number of alkyl halides is 1. The van der Waals surface area contributed by atoms with Crippen LogP contribution in [-0.2, 0) is 16.4 Å². The second kappa shape index (κ2) is 4.29. The minimum atomic E-state index is -3.60. The topological polar surface area (TPSA) is 60.2 Å². The summed E-state index contributed by atoms with van der Waals surface area (Å²) in [5.41, 5.74) is 1.95. The van der Waals surface area contributed by atoms with Crippen molar-refractivity contribution < 1.29 is 8.42 Å². The Balaban J connectivity index is 3.20. The number of hydrogen-bond acceptors (Lipinski definition) is 2. The van der Waals surface area contributed by atoms with Crippen molar-refractivity contribution in [2.24, 2.45) is 5.14 Å². The molecule has 0 fully saturated rings. The molecule has 0 atom stereocenters. The van der Waals surface area contributed by atoms with E-state index >= 15 is 0 Å². The maximum absolute atomic E-state index is 11.0. The van der Waals surface area contributed by atoms with Gasteiger partial charge in [-0.25, -0.2) is 13.6 Å². The monoisotopic (exact) mass is 233 g/mol. The van der Waals surface area contributed by atoms with Gasteiger partial charge in [-0.3, -0.25) is 0 Å². The molecule has 0 bridgehead atoms. The Kier molecular flexibility index (Phi) is 3.53. The number of rotatable bonds is 3. The summed E-state index contributed by atoms with van der Waals surface area (Å²) >= 11 is 5.59. The fourth-order valence-corrected chi connectivity index (χ4v) is 1.96. The predicted molar refractivity (Wildman–Crippen MR) is 57.0 cm³/mol. The quantitative estimate of drug-likeness (QED) is 0.803. The van der Waals surface area contributed by atoms with Crippen LogP contribution in [0.3, 0.4) is 0 Å². The van der Waals surface area contributed by atoms with E-state index in [2.05, 4.69) is 0 Å². The maximum atomic E-state index is 11.0. The summed E-state index contributed by atoms with van der Waals surface area (Å²) in [7, 11) is -3.60. The van der Waals surface area contributed by atoms with E-state index in [-0.39, 0.29) is 4.90 Å². The average molecular weight is 234 g/mol. The highest BCUT2D eigenvalue weighted by Crippen LogP contribution is 2.15. The number of benzene rings is 1.